The fourth-order valence-corrected chi connectivity index (χ4v) is 3.74. The number of hydrogen-bond donors (Lipinski definition) is 1. The molecule has 0 amide bonds. The van der Waals surface area contributed by atoms with Gasteiger partial charge in [-0.15, -0.1) is 6.58 Å². The molecule has 0 saturated heterocycles. The van der Waals surface area contributed by atoms with E-state index in [4.69, 9.17) is 5.73 Å². The molecule has 0 heterocycles. The minimum absolute atomic E-state index is 0.246. The summed E-state index contributed by atoms with van der Waals surface area (Å²) in [6.45, 7) is 6.16. The molecule has 3 unspecified atom stereocenters. The summed E-state index contributed by atoms with van der Waals surface area (Å²) in [5.41, 5.74) is 6.85. The molecule has 0 spiro atoms. The van der Waals surface area contributed by atoms with Crippen molar-refractivity contribution < 1.29 is 0 Å². The average Bonchev–Trinajstić information content (AvgIpc) is 2.37. The molecule has 1 rings (SSSR count). The summed E-state index contributed by atoms with van der Waals surface area (Å²) in [6.07, 6.45) is 13.4. The van der Waals surface area contributed by atoms with Gasteiger partial charge in [0.2, 0.25) is 0 Å². The summed E-state index contributed by atoms with van der Waals surface area (Å²) in [7, 11) is 4.44. The molecule has 3 atom stereocenters. The lowest BCUT2D eigenvalue weighted by molar-refractivity contribution is 0.0468. The Morgan fingerprint density at radius 3 is 2.68 bits per heavy atom. The lowest BCUT2D eigenvalue weighted by Crippen LogP contribution is -2.59. The number of nitrogens with two attached hydrogens (primary N) is 1. The molecule has 0 aromatic rings. The average molecular weight is 266 g/mol. The number of nitrogens with zero attached hydrogens (tertiary/aromatic N) is 1. The van der Waals surface area contributed by atoms with Gasteiger partial charge in [0.25, 0.3) is 0 Å². The third-order valence-corrected chi connectivity index (χ3v) is 5.01. The summed E-state index contributed by atoms with van der Waals surface area (Å²) in [4.78, 5) is 2.41. The molecule has 0 aliphatic heterocycles. The molecule has 2 N–H and O–H groups in total. The molecule has 1 fully saturated rings. The minimum atomic E-state index is 0.246. The second-order valence-corrected chi connectivity index (χ2v) is 6.73. The Bertz CT molecular complexity index is 262. The zero-order valence-corrected chi connectivity index (χ0v) is 13.3. The highest BCUT2D eigenvalue weighted by Gasteiger charge is 2.41. The summed E-state index contributed by atoms with van der Waals surface area (Å²) in [5, 5.41) is 0. The molecule has 0 bridgehead atoms. The highest BCUT2D eigenvalue weighted by atomic mass is 15.2. The number of hydrogen-bond acceptors (Lipinski definition) is 2. The molecule has 1 aliphatic rings. The largest absolute Gasteiger partial charge is 0.326 e. The summed E-state index contributed by atoms with van der Waals surface area (Å²) >= 11 is 0. The van der Waals surface area contributed by atoms with E-state index in [9.17, 15) is 0 Å². The van der Waals surface area contributed by atoms with Gasteiger partial charge in [-0.25, -0.2) is 0 Å². The highest BCUT2D eigenvalue weighted by molar-refractivity contribution is 5.00. The first-order chi connectivity index (χ1) is 9.03. The van der Waals surface area contributed by atoms with Gasteiger partial charge in [0, 0.05) is 11.6 Å². The second kappa shape index (κ2) is 8.06. The van der Waals surface area contributed by atoms with Gasteiger partial charge in [-0.1, -0.05) is 38.7 Å². The van der Waals surface area contributed by atoms with E-state index in [1.54, 1.807) is 0 Å². The van der Waals surface area contributed by atoms with Crippen LogP contribution in [-0.4, -0.2) is 30.6 Å². The lowest BCUT2D eigenvalue weighted by Gasteiger charge is -2.49. The molecule has 0 aromatic carbocycles. The van der Waals surface area contributed by atoms with E-state index in [1.165, 1.54) is 51.4 Å². The van der Waals surface area contributed by atoms with Crippen LogP contribution in [0.1, 0.15) is 64.7 Å². The number of likely N-dealkylation sites (N-methyl/N-ethyl adjacent to an activating group) is 1. The topological polar surface area (TPSA) is 29.3 Å². The summed E-state index contributed by atoms with van der Waals surface area (Å²) < 4.78 is 0. The van der Waals surface area contributed by atoms with Crippen LogP contribution in [0.25, 0.3) is 0 Å². The smallest absolute Gasteiger partial charge is 0.0356 e. The van der Waals surface area contributed by atoms with Gasteiger partial charge in [0.05, 0.1) is 0 Å². The molecule has 1 aliphatic carbocycles. The lowest BCUT2D eigenvalue weighted by atomic mass is 9.70. The van der Waals surface area contributed by atoms with E-state index in [2.05, 4.69) is 32.5 Å². The Morgan fingerprint density at radius 1 is 1.37 bits per heavy atom. The van der Waals surface area contributed by atoms with Crippen molar-refractivity contribution in [2.75, 3.05) is 14.1 Å². The molecule has 112 valence electrons. The number of rotatable bonds is 8. The maximum atomic E-state index is 6.60. The normalized spacial score (nSPS) is 29.4. The Labute approximate surface area is 120 Å². The molecule has 2 heteroatoms. The first kappa shape index (κ1) is 16.7. The van der Waals surface area contributed by atoms with Crippen LogP contribution in [0.5, 0.6) is 0 Å². The standard InChI is InChI=1S/C17H34N2/c1-5-6-7-8-9-12-16(18)17(19(3)4)13-10-11-15(2)14-17/h5,15-16H,1,6-14,18H2,2-4H3. The van der Waals surface area contributed by atoms with Crippen molar-refractivity contribution in [1.82, 2.24) is 4.90 Å². The van der Waals surface area contributed by atoms with Crippen molar-refractivity contribution in [3.63, 3.8) is 0 Å². The van der Waals surface area contributed by atoms with Crippen molar-refractivity contribution in [2.24, 2.45) is 11.7 Å². The van der Waals surface area contributed by atoms with E-state index in [-0.39, 0.29) is 5.54 Å². The molecule has 2 nitrogen and oxygen atoms in total. The van der Waals surface area contributed by atoms with Crippen LogP contribution in [0.3, 0.4) is 0 Å². The zero-order valence-electron chi connectivity index (χ0n) is 13.3. The van der Waals surface area contributed by atoms with Gasteiger partial charge >= 0.3 is 0 Å². The summed E-state index contributed by atoms with van der Waals surface area (Å²) in [6, 6.07) is 0.328. The van der Waals surface area contributed by atoms with Crippen molar-refractivity contribution in [3.8, 4) is 0 Å². The van der Waals surface area contributed by atoms with E-state index in [0.717, 1.165) is 12.3 Å². The zero-order chi connectivity index (χ0) is 14.3. The quantitative estimate of drug-likeness (QED) is 0.532. The molecule has 1 saturated carbocycles. The minimum Gasteiger partial charge on any atom is -0.326 e. The maximum absolute atomic E-state index is 6.60. The van der Waals surface area contributed by atoms with Gasteiger partial charge in [-0.05, 0) is 52.1 Å². The Morgan fingerprint density at radius 2 is 2.11 bits per heavy atom. The van der Waals surface area contributed by atoms with Crippen LogP contribution in [0.4, 0.5) is 0 Å². The van der Waals surface area contributed by atoms with Crippen LogP contribution in [0, 0.1) is 5.92 Å². The Hall–Kier alpha value is -0.340. The number of allylic oxidation sites excluding steroid dienone is 1. The van der Waals surface area contributed by atoms with Crippen molar-refractivity contribution >= 4 is 0 Å². The Kier molecular flexibility index (Phi) is 7.09. The highest BCUT2D eigenvalue weighted by Crippen LogP contribution is 2.38. The van der Waals surface area contributed by atoms with Crippen LogP contribution < -0.4 is 5.73 Å². The molecule has 19 heavy (non-hydrogen) atoms. The SMILES string of the molecule is C=CCCCCCC(N)C1(N(C)C)CCCC(C)C1. The first-order valence-corrected chi connectivity index (χ1v) is 8.07. The van der Waals surface area contributed by atoms with Crippen LogP contribution in [-0.2, 0) is 0 Å². The van der Waals surface area contributed by atoms with E-state index in [0.29, 0.717) is 6.04 Å². The van der Waals surface area contributed by atoms with Crippen molar-refractivity contribution in [2.45, 2.75) is 76.3 Å². The van der Waals surface area contributed by atoms with E-state index >= 15 is 0 Å². The fraction of sp³-hybridized carbons (Fsp3) is 0.882. The van der Waals surface area contributed by atoms with Crippen LogP contribution >= 0.6 is 0 Å². The molecular weight excluding hydrogens is 232 g/mol. The van der Waals surface area contributed by atoms with Gasteiger partial charge in [-0.2, -0.15) is 0 Å². The Balaban J connectivity index is 2.48. The monoisotopic (exact) mass is 266 g/mol. The molecular formula is C17H34N2. The van der Waals surface area contributed by atoms with E-state index < -0.39 is 0 Å². The third kappa shape index (κ3) is 4.61. The maximum Gasteiger partial charge on any atom is 0.0356 e. The van der Waals surface area contributed by atoms with Crippen molar-refractivity contribution in [1.29, 1.82) is 0 Å². The molecule has 0 aromatic heterocycles. The van der Waals surface area contributed by atoms with Crippen LogP contribution in [0.15, 0.2) is 12.7 Å². The van der Waals surface area contributed by atoms with Crippen LogP contribution in [0.2, 0.25) is 0 Å². The first-order valence-electron chi connectivity index (χ1n) is 8.07. The van der Waals surface area contributed by atoms with E-state index in [1.807, 2.05) is 6.08 Å². The van der Waals surface area contributed by atoms with Gasteiger partial charge in [0.1, 0.15) is 0 Å². The van der Waals surface area contributed by atoms with Gasteiger partial charge in [0.15, 0.2) is 0 Å². The number of unbranched alkanes of at least 4 members (excludes halogenated alkanes) is 3. The van der Waals surface area contributed by atoms with Crippen molar-refractivity contribution in [3.05, 3.63) is 12.7 Å². The summed E-state index contributed by atoms with van der Waals surface area (Å²) in [5.74, 6) is 0.822. The van der Waals surface area contributed by atoms with Gasteiger partial charge in [-0.3, -0.25) is 0 Å². The van der Waals surface area contributed by atoms with Gasteiger partial charge < -0.3 is 10.6 Å². The second-order valence-electron chi connectivity index (χ2n) is 6.73. The predicted octanol–water partition coefficient (Wildman–Crippen LogP) is 3.96. The molecule has 0 radical (unpaired) electrons. The predicted molar refractivity (Wildman–Crippen MR) is 85.3 cm³/mol. The third-order valence-electron chi connectivity index (χ3n) is 5.01. The fourth-order valence-electron chi connectivity index (χ4n) is 3.74.